The molecule has 2 aromatic carbocycles. The molecule has 0 saturated heterocycles. The minimum absolute atomic E-state index is 0.365. The first-order valence-electron chi connectivity index (χ1n) is 7.13. The minimum atomic E-state index is 0.365. The normalized spacial score (nSPS) is 12.2. The number of rotatable bonds is 5. The monoisotopic (exact) mass is 268 g/mol. The molecule has 106 valence electrons. The molecule has 2 nitrogen and oxygen atoms in total. The average molecular weight is 268 g/mol. The van der Waals surface area contributed by atoms with E-state index >= 15 is 0 Å². The molecule has 0 fully saturated rings. The zero-order valence-electron chi connectivity index (χ0n) is 12.9. The van der Waals surface area contributed by atoms with Gasteiger partial charge in [0.1, 0.15) is 0 Å². The van der Waals surface area contributed by atoms with E-state index in [4.69, 9.17) is 0 Å². The summed E-state index contributed by atoms with van der Waals surface area (Å²) in [5, 5.41) is 3.59. The number of aryl methyl sites for hydroxylation is 1. The van der Waals surface area contributed by atoms with Crippen LogP contribution in [-0.4, -0.2) is 14.1 Å². The van der Waals surface area contributed by atoms with E-state index in [1.54, 1.807) is 0 Å². The molecule has 0 amide bonds. The first-order chi connectivity index (χ1) is 9.58. The van der Waals surface area contributed by atoms with Gasteiger partial charge in [-0.15, -0.1) is 0 Å². The number of nitrogens with zero attached hydrogens (tertiary/aromatic N) is 1. The van der Waals surface area contributed by atoms with Gasteiger partial charge < -0.3 is 10.2 Å². The quantitative estimate of drug-likeness (QED) is 0.884. The van der Waals surface area contributed by atoms with Crippen molar-refractivity contribution in [2.75, 3.05) is 19.0 Å². The van der Waals surface area contributed by atoms with Crippen molar-refractivity contribution in [3.63, 3.8) is 0 Å². The lowest BCUT2D eigenvalue weighted by Crippen LogP contribution is -2.19. The standard InChI is InChI=1S/C18H24N2/c1-14-7-5-6-8-18(14)15(2)19-13-16-9-11-17(12-10-16)20(3)4/h5-12,15,19H,13H2,1-4H3/t15-/m1/s1. The van der Waals surface area contributed by atoms with Crippen molar-refractivity contribution in [1.82, 2.24) is 5.32 Å². The van der Waals surface area contributed by atoms with Crippen molar-refractivity contribution < 1.29 is 0 Å². The first-order valence-corrected chi connectivity index (χ1v) is 7.13. The SMILES string of the molecule is Cc1ccccc1[C@@H](C)NCc1ccc(N(C)C)cc1. The van der Waals surface area contributed by atoms with Gasteiger partial charge in [0.2, 0.25) is 0 Å². The molecule has 0 heterocycles. The zero-order valence-corrected chi connectivity index (χ0v) is 12.9. The molecule has 0 aromatic heterocycles. The summed E-state index contributed by atoms with van der Waals surface area (Å²) in [6.45, 7) is 5.28. The Bertz CT molecular complexity index is 544. The molecule has 20 heavy (non-hydrogen) atoms. The van der Waals surface area contributed by atoms with E-state index < -0.39 is 0 Å². The van der Waals surface area contributed by atoms with Gasteiger partial charge in [0.25, 0.3) is 0 Å². The van der Waals surface area contributed by atoms with Crippen molar-refractivity contribution in [3.8, 4) is 0 Å². The average Bonchev–Trinajstić information content (AvgIpc) is 2.45. The van der Waals surface area contributed by atoms with Gasteiger partial charge in [-0.2, -0.15) is 0 Å². The Morgan fingerprint density at radius 1 is 1.00 bits per heavy atom. The van der Waals surface area contributed by atoms with E-state index in [1.807, 2.05) is 0 Å². The smallest absolute Gasteiger partial charge is 0.0361 e. The van der Waals surface area contributed by atoms with Gasteiger partial charge in [-0.25, -0.2) is 0 Å². The van der Waals surface area contributed by atoms with E-state index in [-0.39, 0.29) is 0 Å². The van der Waals surface area contributed by atoms with Gasteiger partial charge >= 0.3 is 0 Å². The summed E-state index contributed by atoms with van der Waals surface area (Å²) < 4.78 is 0. The topological polar surface area (TPSA) is 15.3 Å². The van der Waals surface area contributed by atoms with Crippen molar-refractivity contribution in [3.05, 3.63) is 65.2 Å². The van der Waals surface area contributed by atoms with E-state index in [0.29, 0.717) is 6.04 Å². The molecule has 2 rings (SSSR count). The highest BCUT2D eigenvalue weighted by Crippen LogP contribution is 2.18. The molecule has 0 aliphatic heterocycles. The van der Waals surface area contributed by atoms with Crippen LogP contribution in [0, 0.1) is 6.92 Å². The van der Waals surface area contributed by atoms with Gasteiger partial charge in [0.05, 0.1) is 0 Å². The van der Waals surface area contributed by atoms with Crippen molar-refractivity contribution >= 4 is 5.69 Å². The maximum absolute atomic E-state index is 3.59. The Morgan fingerprint density at radius 2 is 1.65 bits per heavy atom. The van der Waals surface area contributed by atoms with E-state index in [2.05, 4.69) is 86.7 Å². The Hall–Kier alpha value is -1.80. The molecule has 0 bridgehead atoms. The molecular weight excluding hydrogens is 244 g/mol. The Balaban J connectivity index is 1.96. The minimum Gasteiger partial charge on any atom is -0.378 e. The van der Waals surface area contributed by atoms with Crippen molar-refractivity contribution in [2.24, 2.45) is 0 Å². The molecule has 2 heteroatoms. The van der Waals surface area contributed by atoms with Crippen LogP contribution in [0.2, 0.25) is 0 Å². The fourth-order valence-corrected chi connectivity index (χ4v) is 2.37. The van der Waals surface area contributed by atoms with E-state index in [9.17, 15) is 0 Å². The summed E-state index contributed by atoms with van der Waals surface area (Å²) in [4.78, 5) is 2.12. The van der Waals surface area contributed by atoms with Crippen molar-refractivity contribution in [1.29, 1.82) is 0 Å². The molecule has 0 spiro atoms. The van der Waals surface area contributed by atoms with Crippen LogP contribution in [0.25, 0.3) is 0 Å². The summed E-state index contributed by atoms with van der Waals surface area (Å²) in [6.07, 6.45) is 0. The lowest BCUT2D eigenvalue weighted by Gasteiger charge is -2.17. The van der Waals surface area contributed by atoms with Crippen LogP contribution in [-0.2, 0) is 6.54 Å². The van der Waals surface area contributed by atoms with Crippen LogP contribution < -0.4 is 10.2 Å². The lowest BCUT2D eigenvalue weighted by molar-refractivity contribution is 0.572. The summed E-state index contributed by atoms with van der Waals surface area (Å²) in [6, 6.07) is 17.6. The summed E-state index contributed by atoms with van der Waals surface area (Å²) in [5.41, 5.74) is 5.27. The number of nitrogens with one attached hydrogen (secondary N) is 1. The third-order valence-corrected chi connectivity index (χ3v) is 3.72. The first kappa shape index (κ1) is 14.6. The molecule has 1 atom stereocenters. The van der Waals surface area contributed by atoms with Crippen LogP contribution in [0.4, 0.5) is 5.69 Å². The third kappa shape index (κ3) is 3.61. The van der Waals surface area contributed by atoms with Crippen LogP contribution in [0.3, 0.4) is 0 Å². The number of hydrogen-bond donors (Lipinski definition) is 1. The summed E-state index contributed by atoms with van der Waals surface area (Å²) >= 11 is 0. The predicted octanol–water partition coefficient (Wildman–Crippen LogP) is 3.91. The fraction of sp³-hybridized carbons (Fsp3) is 0.333. The number of benzene rings is 2. The molecule has 1 N–H and O–H groups in total. The fourth-order valence-electron chi connectivity index (χ4n) is 2.37. The lowest BCUT2D eigenvalue weighted by atomic mass is 10.0. The van der Waals surface area contributed by atoms with Crippen LogP contribution in [0.1, 0.15) is 29.7 Å². The molecule has 0 saturated carbocycles. The third-order valence-electron chi connectivity index (χ3n) is 3.72. The van der Waals surface area contributed by atoms with E-state index in [1.165, 1.54) is 22.4 Å². The summed E-state index contributed by atoms with van der Waals surface area (Å²) in [5.74, 6) is 0. The Labute approximate surface area is 122 Å². The zero-order chi connectivity index (χ0) is 14.5. The molecular formula is C18H24N2. The van der Waals surface area contributed by atoms with Gasteiger partial charge in [0, 0.05) is 32.4 Å². The largest absolute Gasteiger partial charge is 0.378 e. The van der Waals surface area contributed by atoms with Crippen LogP contribution in [0.5, 0.6) is 0 Å². The van der Waals surface area contributed by atoms with Crippen molar-refractivity contribution in [2.45, 2.75) is 26.4 Å². The second-order valence-corrected chi connectivity index (χ2v) is 5.52. The van der Waals surface area contributed by atoms with Gasteiger partial charge in [-0.05, 0) is 42.7 Å². The maximum Gasteiger partial charge on any atom is 0.0361 e. The Morgan fingerprint density at radius 3 is 2.25 bits per heavy atom. The predicted molar refractivity (Wildman–Crippen MR) is 87.2 cm³/mol. The second-order valence-electron chi connectivity index (χ2n) is 5.52. The highest BCUT2D eigenvalue weighted by atomic mass is 15.1. The maximum atomic E-state index is 3.59. The van der Waals surface area contributed by atoms with E-state index in [0.717, 1.165) is 6.54 Å². The molecule has 0 aliphatic carbocycles. The number of hydrogen-bond acceptors (Lipinski definition) is 2. The number of anilines is 1. The second kappa shape index (κ2) is 6.58. The van der Waals surface area contributed by atoms with Crippen LogP contribution in [0.15, 0.2) is 48.5 Å². The molecule has 0 radical (unpaired) electrons. The molecule has 0 aliphatic rings. The Kier molecular flexibility index (Phi) is 4.80. The van der Waals surface area contributed by atoms with Crippen LogP contribution >= 0.6 is 0 Å². The van der Waals surface area contributed by atoms with Gasteiger partial charge in [-0.1, -0.05) is 36.4 Å². The van der Waals surface area contributed by atoms with Gasteiger partial charge in [-0.3, -0.25) is 0 Å². The molecule has 2 aromatic rings. The summed E-state index contributed by atoms with van der Waals surface area (Å²) in [7, 11) is 4.13. The van der Waals surface area contributed by atoms with Gasteiger partial charge in [0.15, 0.2) is 0 Å². The highest BCUT2D eigenvalue weighted by Gasteiger charge is 2.07. The highest BCUT2D eigenvalue weighted by molar-refractivity contribution is 5.46. The molecule has 0 unspecified atom stereocenters.